The minimum Gasteiger partial charge on any atom is -0.469 e. The maximum Gasteiger partial charge on any atom is 0.312 e. The van der Waals surface area contributed by atoms with Gasteiger partial charge in [-0.2, -0.15) is 0 Å². The van der Waals surface area contributed by atoms with Crippen molar-refractivity contribution in [3.8, 4) is 11.5 Å². The Kier molecular flexibility index (Phi) is 3.12. The zero-order valence-electron chi connectivity index (χ0n) is 13.4. The number of ketones is 1. The van der Waals surface area contributed by atoms with Crippen LogP contribution in [0.4, 0.5) is 0 Å². The van der Waals surface area contributed by atoms with E-state index >= 15 is 0 Å². The van der Waals surface area contributed by atoms with Gasteiger partial charge in [0.25, 0.3) is 0 Å². The summed E-state index contributed by atoms with van der Waals surface area (Å²) in [5.74, 6) is 1.13. The molecule has 0 saturated heterocycles. The van der Waals surface area contributed by atoms with Gasteiger partial charge in [-0.05, 0) is 36.4 Å². The summed E-state index contributed by atoms with van der Waals surface area (Å²) in [6.45, 7) is 0. The molecule has 26 heavy (non-hydrogen) atoms. The molecule has 6 heteroatoms. The van der Waals surface area contributed by atoms with Crippen LogP contribution in [0.1, 0.15) is 39.8 Å². The van der Waals surface area contributed by atoms with Crippen molar-refractivity contribution >= 4 is 17.8 Å². The Labute approximate surface area is 147 Å². The molecule has 1 unspecified atom stereocenters. The number of ether oxygens (including phenoxy) is 2. The first-order valence-corrected chi connectivity index (χ1v) is 8.09. The van der Waals surface area contributed by atoms with Crippen LogP contribution in [-0.4, -0.2) is 11.8 Å². The molecular weight excluding hydrogens is 336 g/mol. The lowest BCUT2D eigenvalue weighted by Gasteiger charge is -2.24. The Morgan fingerprint density at radius 2 is 1.81 bits per heavy atom. The molecule has 0 amide bonds. The first kappa shape index (κ1) is 14.8. The van der Waals surface area contributed by atoms with E-state index in [-0.39, 0.29) is 29.9 Å². The summed E-state index contributed by atoms with van der Waals surface area (Å²) < 4.78 is 22.0. The average molecular weight is 348 g/mol. The maximum atomic E-state index is 12.7. The van der Waals surface area contributed by atoms with Crippen molar-refractivity contribution in [2.24, 2.45) is 0 Å². The second-order valence-electron chi connectivity index (χ2n) is 6.06. The average Bonchev–Trinajstić information content (AvgIpc) is 3.37. The lowest BCUT2D eigenvalue weighted by Crippen LogP contribution is -2.21. The minimum atomic E-state index is -0.369. The molecule has 3 aromatic rings. The van der Waals surface area contributed by atoms with Crippen LogP contribution in [0.2, 0.25) is 0 Å². The summed E-state index contributed by atoms with van der Waals surface area (Å²) in [5.41, 5.74) is 1.07. The standard InChI is InChI=1S/C20H12O6/c21-17-10-13(14-4-2-8-24-14)18-15(25-17)6-5-12-19(22)16(26-20(12)18)9-11-3-1-7-23-11/h1-9,13H,10H2/b16-9-. The van der Waals surface area contributed by atoms with E-state index in [1.54, 1.807) is 48.7 Å². The van der Waals surface area contributed by atoms with Crippen molar-refractivity contribution in [2.45, 2.75) is 12.3 Å². The fourth-order valence-corrected chi connectivity index (χ4v) is 3.34. The van der Waals surface area contributed by atoms with Crippen LogP contribution < -0.4 is 9.47 Å². The molecule has 1 aromatic carbocycles. The Balaban J connectivity index is 1.65. The van der Waals surface area contributed by atoms with E-state index in [4.69, 9.17) is 18.3 Å². The Bertz CT molecular complexity index is 1040. The highest BCUT2D eigenvalue weighted by Gasteiger charge is 2.39. The van der Waals surface area contributed by atoms with E-state index in [9.17, 15) is 9.59 Å². The Hall–Kier alpha value is -3.54. The predicted molar refractivity (Wildman–Crippen MR) is 88.9 cm³/mol. The first-order chi connectivity index (χ1) is 12.7. The van der Waals surface area contributed by atoms with E-state index < -0.39 is 0 Å². The number of hydrogen-bond acceptors (Lipinski definition) is 6. The number of carbonyl (C=O) groups is 2. The molecule has 0 spiro atoms. The molecule has 0 bridgehead atoms. The SMILES string of the molecule is O=C1CC(c2ccco2)c2c(ccc3c2O/C(=C\c2ccco2)C3=O)O1. The number of benzene rings is 1. The van der Waals surface area contributed by atoms with Crippen LogP contribution in [0, 0.1) is 0 Å². The molecule has 128 valence electrons. The third kappa shape index (κ3) is 2.19. The zero-order chi connectivity index (χ0) is 17.7. The first-order valence-electron chi connectivity index (χ1n) is 8.09. The number of fused-ring (bicyclic) bond motifs is 3. The molecule has 4 heterocycles. The summed E-state index contributed by atoms with van der Waals surface area (Å²) in [5, 5.41) is 0. The van der Waals surface area contributed by atoms with E-state index in [1.165, 1.54) is 6.26 Å². The second-order valence-corrected chi connectivity index (χ2v) is 6.06. The quantitative estimate of drug-likeness (QED) is 0.397. The van der Waals surface area contributed by atoms with Crippen LogP contribution >= 0.6 is 0 Å². The van der Waals surface area contributed by atoms with Gasteiger partial charge in [-0.3, -0.25) is 9.59 Å². The number of hydrogen-bond donors (Lipinski definition) is 0. The Morgan fingerprint density at radius 1 is 0.962 bits per heavy atom. The molecule has 0 N–H and O–H groups in total. The lowest BCUT2D eigenvalue weighted by atomic mass is 9.88. The highest BCUT2D eigenvalue weighted by atomic mass is 16.5. The smallest absolute Gasteiger partial charge is 0.312 e. The molecule has 6 nitrogen and oxygen atoms in total. The minimum absolute atomic E-state index is 0.117. The summed E-state index contributed by atoms with van der Waals surface area (Å²) in [6.07, 6.45) is 4.73. The number of Topliss-reactive ketones (excluding diaryl/α,β-unsaturated/α-hetero) is 1. The molecule has 1 atom stereocenters. The number of rotatable bonds is 2. The molecule has 0 saturated carbocycles. The fraction of sp³-hybridized carbons (Fsp3) is 0.100. The monoisotopic (exact) mass is 348 g/mol. The van der Waals surface area contributed by atoms with Gasteiger partial charge in [0, 0.05) is 11.6 Å². The summed E-state index contributed by atoms with van der Waals surface area (Å²) in [6, 6.07) is 10.2. The van der Waals surface area contributed by atoms with Gasteiger partial charge in [0.05, 0.1) is 30.4 Å². The third-order valence-corrected chi connectivity index (χ3v) is 4.48. The highest BCUT2D eigenvalue weighted by Crippen LogP contribution is 2.48. The summed E-state index contributed by atoms with van der Waals surface area (Å²) >= 11 is 0. The van der Waals surface area contributed by atoms with Crippen molar-refractivity contribution in [2.75, 3.05) is 0 Å². The van der Waals surface area contributed by atoms with E-state index in [0.29, 0.717) is 34.1 Å². The maximum absolute atomic E-state index is 12.7. The van der Waals surface area contributed by atoms with Gasteiger partial charge in [-0.25, -0.2) is 0 Å². The summed E-state index contributed by atoms with van der Waals surface area (Å²) in [4.78, 5) is 24.7. The van der Waals surface area contributed by atoms with Gasteiger partial charge in [-0.1, -0.05) is 0 Å². The molecule has 0 aliphatic carbocycles. The molecule has 0 radical (unpaired) electrons. The van der Waals surface area contributed by atoms with E-state index in [1.807, 2.05) is 0 Å². The van der Waals surface area contributed by atoms with Crippen molar-refractivity contribution in [3.63, 3.8) is 0 Å². The van der Waals surface area contributed by atoms with Crippen LogP contribution in [0.25, 0.3) is 6.08 Å². The lowest BCUT2D eigenvalue weighted by molar-refractivity contribution is -0.135. The highest BCUT2D eigenvalue weighted by molar-refractivity contribution is 6.15. The van der Waals surface area contributed by atoms with Crippen LogP contribution in [-0.2, 0) is 4.79 Å². The van der Waals surface area contributed by atoms with E-state index in [0.717, 1.165) is 0 Å². The third-order valence-electron chi connectivity index (χ3n) is 4.48. The Morgan fingerprint density at radius 3 is 2.58 bits per heavy atom. The largest absolute Gasteiger partial charge is 0.469 e. The molecular formula is C20H12O6. The number of allylic oxidation sites excluding steroid dienone is 1. The topological polar surface area (TPSA) is 78.9 Å². The van der Waals surface area contributed by atoms with Crippen LogP contribution in [0.3, 0.4) is 0 Å². The fourth-order valence-electron chi connectivity index (χ4n) is 3.34. The molecule has 2 aromatic heterocycles. The van der Waals surface area contributed by atoms with Gasteiger partial charge < -0.3 is 18.3 Å². The van der Waals surface area contributed by atoms with Crippen molar-refractivity contribution in [3.05, 3.63) is 77.3 Å². The van der Waals surface area contributed by atoms with Crippen LogP contribution in [0.5, 0.6) is 11.5 Å². The van der Waals surface area contributed by atoms with Gasteiger partial charge >= 0.3 is 5.97 Å². The summed E-state index contributed by atoms with van der Waals surface area (Å²) in [7, 11) is 0. The number of furan rings is 2. The molecule has 0 fully saturated rings. The normalized spacial score (nSPS) is 19.8. The molecule has 5 rings (SSSR count). The molecule has 2 aliphatic rings. The van der Waals surface area contributed by atoms with Gasteiger partial charge in [-0.15, -0.1) is 0 Å². The van der Waals surface area contributed by atoms with Gasteiger partial charge in [0.2, 0.25) is 5.78 Å². The number of carbonyl (C=O) groups excluding carboxylic acids is 2. The second kappa shape index (κ2) is 5.49. The van der Waals surface area contributed by atoms with E-state index in [2.05, 4.69) is 0 Å². The van der Waals surface area contributed by atoms with Crippen molar-refractivity contribution < 1.29 is 27.9 Å². The number of esters is 1. The van der Waals surface area contributed by atoms with Crippen molar-refractivity contribution in [1.29, 1.82) is 0 Å². The van der Waals surface area contributed by atoms with Crippen molar-refractivity contribution in [1.82, 2.24) is 0 Å². The van der Waals surface area contributed by atoms with Crippen LogP contribution in [0.15, 0.2) is 63.5 Å². The van der Waals surface area contributed by atoms with Gasteiger partial charge in [0.15, 0.2) is 5.76 Å². The van der Waals surface area contributed by atoms with Gasteiger partial charge in [0.1, 0.15) is 23.0 Å². The molecule has 2 aliphatic heterocycles. The zero-order valence-corrected chi connectivity index (χ0v) is 13.4. The predicted octanol–water partition coefficient (Wildman–Crippen LogP) is 3.93.